The average Bonchev–Trinajstić information content (AvgIpc) is 2.96. The topological polar surface area (TPSA) is 119 Å². The number of hydrogen-bond donors (Lipinski definition) is 1. The second-order valence-corrected chi connectivity index (χ2v) is 9.08. The van der Waals surface area contributed by atoms with Crippen molar-refractivity contribution in [1.82, 2.24) is 5.32 Å². The number of benzene rings is 3. The molecule has 0 aliphatic rings. The summed E-state index contributed by atoms with van der Waals surface area (Å²) in [7, 11) is 0. The molecule has 3 aromatic carbocycles. The number of rotatable bonds is 10. The molecule has 202 valence electrons. The molecule has 0 aliphatic carbocycles. The molecule has 0 saturated heterocycles. The molecule has 1 N–H and O–H groups in total. The Balaban J connectivity index is 1.46. The third kappa shape index (κ3) is 7.03. The maximum Gasteiger partial charge on any atom is 0.354 e. The predicted molar refractivity (Wildman–Crippen MR) is 151 cm³/mol. The lowest BCUT2D eigenvalue weighted by molar-refractivity contribution is -0.129. The first kappa shape index (κ1) is 27.9. The van der Waals surface area contributed by atoms with Crippen molar-refractivity contribution in [2.45, 2.75) is 32.7 Å². The van der Waals surface area contributed by atoms with Gasteiger partial charge in [-0.3, -0.25) is 4.79 Å². The van der Waals surface area contributed by atoms with Crippen molar-refractivity contribution in [2.75, 3.05) is 6.61 Å². The number of fused-ring (bicyclic) bond motifs is 1. The van der Waals surface area contributed by atoms with Crippen LogP contribution in [-0.4, -0.2) is 18.5 Å². The first-order valence-electron chi connectivity index (χ1n) is 12.9. The van der Waals surface area contributed by atoms with Crippen molar-refractivity contribution in [3.63, 3.8) is 0 Å². The standard InChI is InChI=1S/C32H28N2O6/c1-3-4-16-38-26-13-10-22(11-14-26)17-25(20-33)31(36)39-27-15-12-24-18-28(32(37)40-29(24)19-27)30(35)34-21(2)23-8-6-5-7-9-23/h5-15,17-19,21H,3-4,16H2,1-2H3,(H,34,35)/b25-17+. The summed E-state index contributed by atoms with van der Waals surface area (Å²) < 4.78 is 16.3. The fourth-order valence-electron chi connectivity index (χ4n) is 3.87. The zero-order valence-corrected chi connectivity index (χ0v) is 22.2. The van der Waals surface area contributed by atoms with Crippen LogP contribution in [0.2, 0.25) is 0 Å². The summed E-state index contributed by atoms with van der Waals surface area (Å²) in [6, 6.07) is 23.8. The Kier molecular flexibility index (Phi) is 9.11. The summed E-state index contributed by atoms with van der Waals surface area (Å²) in [6.07, 6.45) is 3.40. The van der Waals surface area contributed by atoms with Gasteiger partial charge in [-0.1, -0.05) is 55.8 Å². The van der Waals surface area contributed by atoms with Crippen LogP contribution in [0.3, 0.4) is 0 Å². The summed E-state index contributed by atoms with van der Waals surface area (Å²) in [4.78, 5) is 38.0. The number of nitrogens with zero attached hydrogens (tertiary/aromatic N) is 1. The Morgan fingerprint density at radius 3 is 2.45 bits per heavy atom. The number of nitrogens with one attached hydrogen (secondary N) is 1. The highest BCUT2D eigenvalue weighted by molar-refractivity contribution is 6.00. The van der Waals surface area contributed by atoms with E-state index in [0.717, 1.165) is 18.4 Å². The zero-order chi connectivity index (χ0) is 28.5. The second kappa shape index (κ2) is 13.1. The lowest BCUT2D eigenvalue weighted by Gasteiger charge is -2.14. The Morgan fingerprint density at radius 2 is 1.75 bits per heavy atom. The lowest BCUT2D eigenvalue weighted by Crippen LogP contribution is -2.30. The summed E-state index contributed by atoms with van der Waals surface area (Å²) in [5.74, 6) is -0.641. The molecule has 4 rings (SSSR count). The largest absolute Gasteiger partial charge is 0.494 e. The van der Waals surface area contributed by atoms with Gasteiger partial charge in [-0.15, -0.1) is 0 Å². The van der Waals surface area contributed by atoms with Gasteiger partial charge < -0.3 is 19.2 Å². The van der Waals surface area contributed by atoms with Crippen molar-refractivity contribution in [3.8, 4) is 17.6 Å². The highest BCUT2D eigenvalue weighted by Crippen LogP contribution is 2.23. The molecule has 8 heteroatoms. The fraction of sp³-hybridized carbons (Fsp3) is 0.188. The molecule has 0 saturated carbocycles. The van der Waals surface area contributed by atoms with Crippen LogP contribution in [-0.2, 0) is 4.79 Å². The number of esters is 1. The molecule has 1 atom stereocenters. The van der Waals surface area contributed by atoms with Crippen molar-refractivity contribution in [1.29, 1.82) is 5.26 Å². The van der Waals surface area contributed by atoms with Gasteiger partial charge in [-0.05, 0) is 60.9 Å². The van der Waals surface area contributed by atoms with Crippen LogP contribution in [0.4, 0.5) is 0 Å². The zero-order valence-electron chi connectivity index (χ0n) is 22.2. The van der Waals surface area contributed by atoms with Gasteiger partial charge in [0, 0.05) is 11.5 Å². The van der Waals surface area contributed by atoms with E-state index in [1.165, 1.54) is 24.3 Å². The number of carbonyl (C=O) groups is 2. The number of ether oxygens (including phenoxy) is 2. The molecule has 1 aromatic heterocycles. The summed E-state index contributed by atoms with van der Waals surface area (Å²) in [5, 5.41) is 12.8. The van der Waals surface area contributed by atoms with Crippen LogP contribution in [0.15, 0.2) is 93.6 Å². The van der Waals surface area contributed by atoms with Gasteiger partial charge in [-0.2, -0.15) is 5.26 Å². The van der Waals surface area contributed by atoms with Gasteiger partial charge in [0.05, 0.1) is 12.6 Å². The number of hydrogen-bond acceptors (Lipinski definition) is 7. The quantitative estimate of drug-likeness (QED) is 0.0662. The third-order valence-corrected chi connectivity index (χ3v) is 6.11. The molecule has 0 bridgehead atoms. The third-order valence-electron chi connectivity index (χ3n) is 6.11. The van der Waals surface area contributed by atoms with Crippen molar-refractivity contribution in [3.05, 3.63) is 112 Å². The summed E-state index contributed by atoms with van der Waals surface area (Å²) in [5.41, 5.74) is 0.481. The molecule has 0 fully saturated rings. The number of unbranched alkanes of at least 4 members (excludes halogenated alkanes) is 1. The Hall–Kier alpha value is -5.16. The van der Waals surface area contributed by atoms with Crippen LogP contribution in [0.1, 0.15) is 54.2 Å². The number of amides is 1. The van der Waals surface area contributed by atoms with Gasteiger partial charge in [0.25, 0.3) is 5.91 Å². The number of nitriles is 1. The van der Waals surface area contributed by atoms with E-state index in [9.17, 15) is 19.6 Å². The molecule has 1 unspecified atom stereocenters. The minimum atomic E-state index is -0.863. The van der Waals surface area contributed by atoms with E-state index in [0.29, 0.717) is 23.3 Å². The molecule has 0 spiro atoms. The van der Waals surface area contributed by atoms with E-state index >= 15 is 0 Å². The smallest absolute Gasteiger partial charge is 0.354 e. The Labute approximate surface area is 231 Å². The molecular weight excluding hydrogens is 508 g/mol. The van der Waals surface area contributed by atoms with E-state index < -0.39 is 17.5 Å². The van der Waals surface area contributed by atoms with E-state index in [4.69, 9.17) is 13.9 Å². The van der Waals surface area contributed by atoms with Gasteiger partial charge in [0.2, 0.25) is 0 Å². The molecule has 8 nitrogen and oxygen atoms in total. The highest BCUT2D eigenvalue weighted by Gasteiger charge is 2.18. The van der Waals surface area contributed by atoms with Crippen molar-refractivity contribution >= 4 is 28.9 Å². The summed E-state index contributed by atoms with van der Waals surface area (Å²) in [6.45, 7) is 4.52. The van der Waals surface area contributed by atoms with Crippen LogP contribution in [0, 0.1) is 11.3 Å². The monoisotopic (exact) mass is 536 g/mol. The Bertz CT molecular complexity index is 1630. The molecular formula is C32H28N2O6. The maximum atomic E-state index is 12.8. The average molecular weight is 537 g/mol. The second-order valence-electron chi connectivity index (χ2n) is 9.08. The first-order chi connectivity index (χ1) is 19.4. The normalized spacial score (nSPS) is 11.9. The van der Waals surface area contributed by atoms with Crippen molar-refractivity contribution in [2.24, 2.45) is 0 Å². The van der Waals surface area contributed by atoms with Gasteiger partial charge in [-0.25, -0.2) is 9.59 Å². The minimum absolute atomic E-state index is 0.0800. The van der Waals surface area contributed by atoms with Gasteiger partial charge >= 0.3 is 11.6 Å². The van der Waals surface area contributed by atoms with Crippen LogP contribution in [0.25, 0.3) is 17.0 Å². The molecule has 1 heterocycles. The predicted octanol–water partition coefficient (Wildman–Crippen LogP) is 5.98. The summed E-state index contributed by atoms with van der Waals surface area (Å²) >= 11 is 0. The van der Waals surface area contributed by atoms with E-state index in [1.807, 2.05) is 43.3 Å². The van der Waals surface area contributed by atoms with Gasteiger partial charge in [0.15, 0.2) is 0 Å². The maximum absolute atomic E-state index is 12.8. The molecule has 40 heavy (non-hydrogen) atoms. The van der Waals surface area contributed by atoms with Crippen LogP contribution < -0.4 is 20.4 Å². The number of carbonyl (C=O) groups excluding carboxylic acids is 2. The van der Waals surface area contributed by atoms with Crippen molar-refractivity contribution < 1.29 is 23.5 Å². The first-order valence-corrected chi connectivity index (χ1v) is 12.9. The van der Waals surface area contributed by atoms with E-state index in [-0.39, 0.29) is 28.5 Å². The lowest BCUT2D eigenvalue weighted by atomic mass is 10.1. The fourth-order valence-corrected chi connectivity index (χ4v) is 3.87. The molecule has 0 radical (unpaired) electrons. The SMILES string of the molecule is CCCCOc1ccc(/C=C(\C#N)C(=O)Oc2ccc3cc(C(=O)NC(C)c4ccccc4)c(=O)oc3c2)cc1. The molecule has 1 amide bonds. The van der Waals surface area contributed by atoms with Crippen LogP contribution >= 0.6 is 0 Å². The highest BCUT2D eigenvalue weighted by atomic mass is 16.5. The van der Waals surface area contributed by atoms with Gasteiger partial charge in [0.1, 0.15) is 34.3 Å². The molecule has 4 aromatic rings. The molecule has 0 aliphatic heterocycles. The van der Waals surface area contributed by atoms with Crippen LogP contribution in [0.5, 0.6) is 11.5 Å². The van der Waals surface area contributed by atoms with E-state index in [2.05, 4.69) is 12.2 Å². The minimum Gasteiger partial charge on any atom is -0.494 e. The Morgan fingerprint density at radius 1 is 1.02 bits per heavy atom. The van der Waals surface area contributed by atoms with E-state index in [1.54, 1.807) is 30.3 Å².